The molecule has 0 spiro atoms. The Bertz CT molecular complexity index is 538. The van der Waals surface area contributed by atoms with Crippen LogP contribution >= 0.6 is 0 Å². The van der Waals surface area contributed by atoms with E-state index in [4.69, 9.17) is 9.84 Å². The van der Waals surface area contributed by atoms with Gasteiger partial charge in [-0.1, -0.05) is 6.92 Å². The van der Waals surface area contributed by atoms with Crippen molar-refractivity contribution in [1.82, 2.24) is 0 Å². The molecule has 1 atom stereocenters. The number of ether oxygens (including phenoxy) is 1. The molecule has 106 valence electrons. The molecule has 0 aromatic heterocycles. The predicted molar refractivity (Wildman–Crippen MR) is 72.0 cm³/mol. The van der Waals surface area contributed by atoms with Gasteiger partial charge in [0.15, 0.2) is 0 Å². The molecule has 1 rings (SSSR count). The maximum atomic E-state index is 11.7. The SMILES string of the molecule is COc1ccc(N(CC(C)C(=O)O)S(C)(=O)=O)cc1. The number of methoxy groups -OCH3 is 1. The summed E-state index contributed by atoms with van der Waals surface area (Å²) in [5, 5.41) is 8.88. The van der Waals surface area contributed by atoms with Gasteiger partial charge in [-0.2, -0.15) is 0 Å². The van der Waals surface area contributed by atoms with E-state index in [1.807, 2.05) is 0 Å². The van der Waals surface area contributed by atoms with Gasteiger partial charge in [-0.15, -0.1) is 0 Å². The number of carbonyl (C=O) groups is 1. The molecule has 0 bridgehead atoms. The van der Waals surface area contributed by atoms with Crippen LogP contribution in [0, 0.1) is 5.92 Å². The van der Waals surface area contributed by atoms with E-state index in [9.17, 15) is 13.2 Å². The lowest BCUT2D eigenvalue weighted by Gasteiger charge is -2.24. The van der Waals surface area contributed by atoms with Crippen LogP contribution in [0.4, 0.5) is 5.69 Å². The molecular weight excluding hydrogens is 270 g/mol. The number of benzene rings is 1. The number of nitrogens with zero attached hydrogens (tertiary/aromatic N) is 1. The second-order valence-corrected chi connectivity index (χ2v) is 6.14. The van der Waals surface area contributed by atoms with Gasteiger partial charge < -0.3 is 9.84 Å². The Morgan fingerprint density at radius 2 is 1.89 bits per heavy atom. The molecule has 1 aromatic carbocycles. The Kier molecular flexibility index (Phi) is 4.77. The summed E-state index contributed by atoms with van der Waals surface area (Å²) in [4.78, 5) is 10.9. The van der Waals surface area contributed by atoms with Crippen molar-refractivity contribution in [3.8, 4) is 5.75 Å². The minimum absolute atomic E-state index is 0.111. The lowest BCUT2D eigenvalue weighted by molar-refractivity contribution is -0.140. The first-order valence-corrected chi connectivity index (χ1v) is 7.45. The van der Waals surface area contributed by atoms with Crippen LogP contribution in [0.15, 0.2) is 24.3 Å². The highest BCUT2D eigenvalue weighted by Crippen LogP contribution is 2.22. The van der Waals surface area contributed by atoms with Crippen LogP contribution in [0.3, 0.4) is 0 Å². The van der Waals surface area contributed by atoms with Crippen molar-refractivity contribution in [2.45, 2.75) is 6.92 Å². The van der Waals surface area contributed by atoms with E-state index in [-0.39, 0.29) is 6.54 Å². The summed E-state index contributed by atoms with van der Waals surface area (Å²) < 4.78 is 29.6. The lowest BCUT2D eigenvalue weighted by Crippen LogP contribution is -2.36. The summed E-state index contributed by atoms with van der Waals surface area (Å²) in [5.41, 5.74) is 0.413. The Morgan fingerprint density at radius 3 is 2.26 bits per heavy atom. The monoisotopic (exact) mass is 287 g/mol. The third kappa shape index (κ3) is 4.13. The molecule has 0 aliphatic rings. The van der Waals surface area contributed by atoms with Gasteiger partial charge in [-0.3, -0.25) is 9.10 Å². The van der Waals surface area contributed by atoms with Gasteiger partial charge in [0.2, 0.25) is 10.0 Å². The van der Waals surface area contributed by atoms with Crippen molar-refractivity contribution >= 4 is 21.7 Å². The molecule has 0 fully saturated rings. The number of rotatable bonds is 6. The Labute approximate surface area is 112 Å². The van der Waals surface area contributed by atoms with Gasteiger partial charge in [0.05, 0.1) is 25.0 Å². The molecular formula is C12H17NO5S. The number of hydrogen-bond acceptors (Lipinski definition) is 4. The van der Waals surface area contributed by atoms with Gasteiger partial charge in [-0.25, -0.2) is 8.42 Å². The van der Waals surface area contributed by atoms with Gasteiger partial charge >= 0.3 is 5.97 Å². The topological polar surface area (TPSA) is 83.9 Å². The number of hydrogen-bond donors (Lipinski definition) is 1. The zero-order chi connectivity index (χ0) is 14.6. The fourth-order valence-electron chi connectivity index (χ4n) is 1.51. The summed E-state index contributed by atoms with van der Waals surface area (Å²) in [7, 11) is -2.03. The van der Waals surface area contributed by atoms with Crippen molar-refractivity contribution in [2.24, 2.45) is 5.92 Å². The summed E-state index contributed by atoms with van der Waals surface area (Å²) in [6, 6.07) is 6.40. The first-order chi connectivity index (χ1) is 8.75. The fourth-order valence-corrected chi connectivity index (χ4v) is 2.51. The van der Waals surface area contributed by atoms with Gasteiger partial charge in [-0.05, 0) is 24.3 Å². The predicted octanol–water partition coefficient (Wildman–Crippen LogP) is 1.18. The number of anilines is 1. The average Bonchev–Trinajstić information content (AvgIpc) is 2.34. The first-order valence-electron chi connectivity index (χ1n) is 5.60. The summed E-state index contributed by atoms with van der Waals surface area (Å²) in [5.74, 6) is -1.23. The largest absolute Gasteiger partial charge is 0.497 e. The van der Waals surface area contributed by atoms with Crippen molar-refractivity contribution in [3.05, 3.63) is 24.3 Å². The molecule has 0 saturated carbocycles. The van der Waals surface area contributed by atoms with Gasteiger partial charge in [0, 0.05) is 6.54 Å². The summed E-state index contributed by atoms with van der Waals surface area (Å²) in [6.45, 7) is 1.35. The third-order valence-electron chi connectivity index (χ3n) is 2.62. The van der Waals surface area contributed by atoms with E-state index in [2.05, 4.69) is 0 Å². The summed E-state index contributed by atoms with van der Waals surface area (Å²) in [6.07, 6.45) is 1.05. The molecule has 0 saturated heterocycles. The van der Waals surface area contributed by atoms with Crippen molar-refractivity contribution in [3.63, 3.8) is 0 Å². The molecule has 0 amide bonds. The van der Waals surface area contributed by atoms with Crippen LogP contribution in [-0.4, -0.2) is 39.4 Å². The van der Waals surface area contributed by atoms with Crippen LogP contribution in [0.25, 0.3) is 0 Å². The standard InChI is InChI=1S/C12H17NO5S/c1-9(12(14)15)8-13(19(3,16)17)10-4-6-11(18-2)7-5-10/h4-7,9H,8H2,1-3H3,(H,14,15). The van der Waals surface area contributed by atoms with Crippen LogP contribution in [0.2, 0.25) is 0 Å². The first kappa shape index (κ1) is 15.3. The fraction of sp³-hybridized carbons (Fsp3) is 0.417. The van der Waals surface area contributed by atoms with Crippen LogP contribution in [0.5, 0.6) is 5.75 Å². The Hall–Kier alpha value is -1.76. The van der Waals surface area contributed by atoms with Crippen molar-refractivity contribution in [1.29, 1.82) is 0 Å². The molecule has 7 heteroatoms. The maximum absolute atomic E-state index is 11.7. The number of carboxylic acids is 1. The quantitative estimate of drug-likeness (QED) is 0.849. The number of aliphatic carboxylic acids is 1. The Morgan fingerprint density at radius 1 is 1.37 bits per heavy atom. The maximum Gasteiger partial charge on any atom is 0.308 e. The second-order valence-electron chi connectivity index (χ2n) is 4.23. The van der Waals surface area contributed by atoms with Crippen molar-refractivity contribution in [2.75, 3.05) is 24.2 Å². The zero-order valence-electron chi connectivity index (χ0n) is 11.0. The van der Waals surface area contributed by atoms with Crippen LogP contribution in [0.1, 0.15) is 6.92 Å². The van der Waals surface area contributed by atoms with Gasteiger partial charge in [0.25, 0.3) is 0 Å². The number of carboxylic acid groups (broad SMARTS) is 1. The van der Waals surface area contributed by atoms with Gasteiger partial charge in [0.1, 0.15) is 5.75 Å². The minimum Gasteiger partial charge on any atom is -0.497 e. The molecule has 0 aliphatic heterocycles. The van der Waals surface area contributed by atoms with E-state index in [0.29, 0.717) is 11.4 Å². The molecule has 1 N–H and O–H groups in total. The average molecular weight is 287 g/mol. The molecule has 0 radical (unpaired) electrons. The molecule has 6 nitrogen and oxygen atoms in total. The van der Waals surface area contributed by atoms with E-state index in [1.54, 1.807) is 24.3 Å². The number of sulfonamides is 1. The highest BCUT2D eigenvalue weighted by Gasteiger charge is 2.23. The van der Waals surface area contributed by atoms with E-state index < -0.39 is 21.9 Å². The third-order valence-corrected chi connectivity index (χ3v) is 3.78. The van der Waals surface area contributed by atoms with Crippen LogP contribution in [-0.2, 0) is 14.8 Å². The molecule has 1 unspecified atom stereocenters. The summed E-state index contributed by atoms with van der Waals surface area (Å²) >= 11 is 0. The highest BCUT2D eigenvalue weighted by molar-refractivity contribution is 7.92. The van der Waals surface area contributed by atoms with Crippen molar-refractivity contribution < 1.29 is 23.1 Å². The molecule has 0 aliphatic carbocycles. The minimum atomic E-state index is -3.54. The molecule has 0 heterocycles. The normalized spacial score (nSPS) is 12.8. The Balaban J connectivity index is 3.06. The molecule has 1 aromatic rings. The zero-order valence-corrected chi connectivity index (χ0v) is 11.8. The van der Waals surface area contributed by atoms with E-state index in [0.717, 1.165) is 10.6 Å². The molecule has 19 heavy (non-hydrogen) atoms. The second kappa shape index (κ2) is 5.92. The smallest absolute Gasteiger partial charge is 0.308 e. The lowest BCUT2D eigenvalue weighted by atomic mass is 10.2. The van der Waals surface area contributed by atoms with E-state index in [1.165, 1.54) is 14.0 Å². The van der Waals surface area contributed by atoms with Crippen LogP contribution < -0.4 is 9.04 Å². The highest BCUT2D eigenvalue weighted by atomic mass is 32.2. The van der Waals surface area contributed by atoms with E-state index >= 15 is 0 Å².